The molecule has 1 N–H and O–H groups in total. The average Bonchev–Trinajstić information content (AvgIpc) is 3.05. The van der Waals surface area contributed by atoms with Gasteiger partial charge in [0.15, 0.2) is 5.96 Å². The summed E-state index contributed by atoms with van der Waals surface area (Å²) in [4.78, 5) is 11.5. The second-order valence-corrected chi connectivity index (χ2v) is 6.55. The molecule has 2 aromatic rings. The van der Waals surface area contributed by atoms with E-state index in [1.807, 2.05) is 12.4 Å². The van der Waals surface area contributed by atoms with Gasteiger partial charge in [-0.2, -0.15) is 0 Å². The molecule has 1 aliphatic rings. The van der Waals surface area contributed by atoms with Gasteiger partial charge in [-0.15, -0.1) is 0 Å². The Morgan fingerprint density at radius 2 is 2.08 bits per heavy atom. The Kier molecular flexibility index (Phi) is 6.09. The lowest BCUT2D eigenvalue weighted by molar-refractivity contribution is 0.378. The molecule has 0 aliphatic carbocycles. The van der Waals surface area contributed by atoms with Gasteiger partial charge in [-0.05, 0) is 44.2 Å². The molecule has 0 bridgehead atoms. The molecule has 134 valence electrons. The van der Waals surface area contributed by atoms with Gasteiger partial charge in [0.25, 0.3) is 0 Å². The van der Waals surface area contributed by atoms with Crippen LogP contribution < -0.4 is 5.32 Å². The lowest BCUT2D eigenvalue weighted by atomic mass is 10.0. The highest BCUT2D eigenvalue weighted by atomic mass is 15.3. The van der Waals surface area contributed by atoms with E-state index in [4.69, 9.17) is 4.99 Å². The fourth-order valence-electron chi connectivity index (χ4n) is 3.32. The van der Waals surface area contributed by atoms with Crippen LogP contribution in [0.25, 0.3) is 0 Å². The van der Waals surface area contributed by atoms with Gasteiger partial charge in [0.05, 0.1) is 0 Å². The molecule has 25 heavy (non-hydrogen) atoms. The Bertz CT molecular complexity index is 704. The van der Waals surface area contributed by atoms with Crippen LogP contribution in [0.3, 0.4) is 0 Å². The van der Waals surface area contributed by atoms with E-state index in [-0.39, 0.29) is 0 Å². The van der Waals surface area contributed by atoms with Crippen molar-refractivity contribution in [2.45, 2.75) is 46.2 Å². The maximum atomic E-state index is 4.86. The summed E-state index contributed by atoms with van der Waals surface area (Å²) in [5.74, 6) is 2.14. The van der Waals surface area contributed by atoms with Crippen molar-refractivity contribution in [3.8, 4) is 0 Å². The first-order chi connectivity index (χ1) is 12.3. The zero-order valence-corrected chi connectivity index (χ0v) is 15.4. The predicted octanol–water partition coefficient (Wildman–Crippen LogP) is 3.00. The molecular weight excluding hydrogens is 310 g/mol. The van der Waals surface area contributed by atoms with E-state index in [1.54, 1.807) is 0 Å². The minimum Gasteiger partial charge on any atom is -0.357 e. The molecule has 0 fully saturated rings. The topological polar surface area (TPSA) is 45.5 Å². The molecular formula is C20H29N5. The summed E-state index contributed by atoms with van der Waals surface area (Å²) in [6.45, 7) is 8.98. The van der Waals surface area contributed by atoms with Crippen molar-refractivity contribution >= 4 is 5.96 Å². The number of benzene rings is 1. The van der Waals surface area contributed by atoms with Crippen molar-refractivity contribution in [2.75, 3.05) is 19.6 Å². The monoisotopic (exact) mass is 339 g/mol. The minimum absolute atomic E-state index is 0.869. The zero-order valence-electron chi connectivity index (χ0n) is 15.4. The van der Waals surface area contributed by atoms with Crippen LogP contribution in [0.4, 0.5) is 0 Å². The number of aliphatic imine (C=N–C) groups is 1. The van der Waals surface area contributed by atoms with E-state index in [2.05, 4.69) is 57.9 Å². The number of aryl methyl sites for hydroxylation is 2. The summed E-state index contributed by atoms with van der Waals surface area (Å²) in [5.41, 5.74) is 2.90. The van der Waals surface area contributed by atoms with Gasteiger partial charge in [0.1, 0.15) is 5.82 Å². The molecule has 0 saturated heterocycles. The predicted molar refractivity (Wildman–Crippen MR) is 103 cm³/mol. The molecule has 0 amide bonds. The summed E-state index contributed by atoms with van der Waals surface area (Å²) in [5, 5.41) is 3.46. The van der Waals surface area contributed by atoms with Gasteiger partial charge in [-0.3, -0.25) is 4.99 Å². The SMILES string of the molecule is CCNC(=NCCCCn1ccnc1C)N1CCc2ccccc2C1. The molecule has 3 rings (SSSR count). The van der Waals surface area contributed by atoms with Crippen LogP contribution in [-0.4, -0.2) is 40.0 Å². The second kappa shape index (κ2) is 8.70. The Morgan fingerprint density at radius 3 is 2.84 bits per heavy atom. The summed E-state index contributed by atoms with van der Waals surface area (Å²) in [7, 11) is 0. The number of nitrogens with one attached hydrogen (secondary N) is 1. The molecule has 1 aliphatic heterocycles. The number of aromatic nitrogens is 2. The molecule has 0 atom stereocenters. The Labute approximate surface area is 150 Å². The summed E-state index contributed by atoms with van der Waals surface area (Å²) in [6, 6.07) is 8.74. The van der Waals surface area contributed by atoms with Crippen LogP contribution in [0.2, 0.25) is 0 Å². The van der Waals surface area contributed by atoms with Crippen LogP contribution in [0.5, 0.6) is 0 Å². The zero-order chi connectivity index (χ0) is 17.5. The van der Waals surface area contributed by atoms with Gasteiger partial charge < -0.3 is 14.8 Å². The Balaban J connectivity index is 1.52. The highest BCUT2D eigenvalue weighted by molar-refractivity contribution is 5.80. The summed E-state index contributed by atoms with van der Waals surface area (Å²) in [6.07, 6.45) is 7.24. The lowest BCUT2D eigenvalue weighted by Gasteiger charge is -2.31. The number of guanidine groups is 1. The quantitative estimate of drug-likeness (QED) is 0.500. The van der Waals surface area contributed by atoms with Gasteiger partial charge >= 0.3 is 0 Å². The third kappa shape index (κ3) is 4.62. The maximum Gasteiger partial charge on any atom is 0.194 e. The highest BCUT2D eigenvalue weighted by Crippen LogP contribution is 2.18. The van der Waals surface area contributed by atoms with Crippen molar-refractivity contribution < 1.29 is 0 Å². The summed E-state index contributed by atoms with van der Waals surface area (Å²) >= 11 is 0. The second-order valence-electron chi connectivity index (χ2n) is 6.55. The first-order valence-corrected chi connectivity index (χ1v) is 9.35. The number of unbranched alkanes of at least 4 members (excludes halogenated alkanes) is 1. The van der Waals surface area contributed by atoms with Crippen molar-refractivity contribution in [1.82, 2.24) is 19.8 Å². The van der Waals surface area contributed by atoms with Gasteiger partial charge in [0.2, 0.25) is 0 Å². The maximum absolute atomic E-state index is 4.86. The standard InChI is InChI=1S/C20H29N5/c1-3-21-20(23-11-6-7-13-24-15-12-22-17(24)2)25-14-10-18-8-4-5-9-19(18)16-25/h4-5,8-9,12,15H,3,6-7,10-11,13-14,16H2,1-2H3,(H,21,23). The summed E-state index contributed by atoms with van der Waals surface area (Å²) < 4.78 is 2.20. The first-order valence-electron chi connectivity index (χ1n) is 9.35. The lowest BCUT2D eigenvalue weighted by Crippen LogP contribution is -2.44. The first kappa shape index (κ1) is 17.5. The highest BCUT2D eigenvalue weighted by Gasteiger charge is 2.18. The Morgan fingerprint density at radius 1 is 1.24 bits per heavy atom. The van der Waals surface area contributed by atoms with E-state index < -0.39 is 0 Å². The molecule has 5 nitrogen and oxygen atoms in total. The molecule has 0 radical (unpaired) electrons. The molecule has 0 saturated carbocycles. The molecule has 1 aromatic carbocycles. The molecule has 0 spiro atoms. The van der Waals surface area contributed by atoms with E-state index >= 15 is 0 Å². The third-order valence-electron chi connectivity index (χ3n) is 4.76. The van der Waals surface area contributed by atoms with Gasteiger partial charge in [0, 0.05) is 45.1 Å². The van der Waals surface area contributed by atoms with E-state index in [0.29, 0.717) is 0 Å². The number of nitrogens with zero attached hydrogens (tertiary/aromatic N) is 4. The Hall–Kier alpha value is -2.30. The van der Waals surface area contributed by atoms with E-state index in [9.17, 15) is 0 Å². The minimum atomic E-state index is 0.869. The normalized spacial score (nSPS) is 14.5. The number of hydrogen-bond donors (Lipinski definition) is 1. The average molecular weight is 339 g/mol. The number of rotatable bonds is 6. The van der Waals surface area contributed by atoms with Gasteiger partial charge in [-0.25, -0.2) is 4.98 Å². The van der Waals surface area contributed by atoms with Crippen LogP contribution >= 0.6 is 0 Å². The third-order valence-corrected chi connectivity index (χ3v) is 4.76. The fourth-order valence-corrected chi connectivity index (χ4v) is 3.32. The van der Waals surface area contributed by atoms with Crippen molar-refractivity contribution in [3.63, 3.8) is 0 Å². The van der Waals surface area contributed by atoms with Crippen LogP contribution in [0.15, 0.2) is 41.7 Å². The van der Waals surface area contributed by atoms with Crippen molar-refractivity contribution in [3.05, 3.63) is 53.6 Å². The smallest absolute Gasteiger partial charge is 0.194 e. The fraction of sp³-hybridized carbons (Fsp3) is 0.500. The largest absolute Gasteiger partial charge is 0.357 e. The van der Waals surface area contributed by atoms with Crippen molar-refractivity contribution in [2.24, 2.45) is 4.99 Å². The van der Waals surface area contributed by atoms with E-state index in [1.165, 1.54) is 11.1 Å². The number of fused-ring (bicyclic) bond motifs is 1. The number of hydrogen-bond acceptors (Lipinski definition) is 2. The van der Waals surface area contributed by atoms with Gasteiger partial charge in [-0.1, -0.05) is 24.3 Å². The number of imidazole rings is 1. The van der Waals surface area contributed by atoms with Crippen molar-refractivity contribution in [1.29, 1.82) is 0 Å². The van der Waals surface area contributed by atoms with Crippen LogP contribution in [0.1, 0.15) is 36.7 Å². The van der Waals surface area contributed by atoms with Crippen LogP contribution in [0, 0.1) is 6.92 Å². The molecule has 0 unspecified atom stereocenters. The molecule has 5 heteroatoms. The molecule has 2 heterocycles. The van der Waals surface area contributed by atoms with Crippen LogP contribution in [-0.2, 0) is 19.5 Å². The van der Waals surface area contributed by atoms with E-state index in [0.717, 1.165) is 63.8 Å². The molecule has 1 aromatic heterocycles.